The quantitative estimate of drug-likeness (QED) is 0.781. The van der Waals surface area contributed by atoms with Crippen molar-refractivity contribution in [2.75, 3.05) is 19.7 Å². The Bertz CT molecular complexity index is 508. The van der Waals surface area contributed by atoms with Gasteiger partial charge < -0.3 is 9.64 Å². The number of rotatable bonds is 5. The molecular weight excluding hydrogens is 264 g/mol. The van der Waals surface area contributed by atoms with E-state index in [0.717, 1.165) is 32.4 Å². The number of likely N-dealkylation sites (tertiary alicyclic amines) is 1. The number of hydrogen-bond acceptors (Lipinski definition) is 3. The third-order valence-corrected chi connectivity index (χ3v) is 3.76. The molecule has 0 N–H and O–H groups in total. The molecule has 0 bridgehead atoms. The highest BCUT2D eigenvalue weighted by Crippen LogP contribution is 2.17. The van der Waals surface area contributed by atoms with Crippen LogP contribution in [0.25, 0.3) is 0 Å². The van der Waals surface area contributed by atoms with Gasteiger partial charge in [0, 0.05) is 19.5 Å². The van der Waals surface area contributed by atoms with Crippen LogP contribution in [0.15, 0.2) is 24.3 Å². The molecule has 0 aliphatic carbocycles. The Balaban J connectivity index is 1.76. The molecule has 21 heavy (non-hydrogen) atoms. The van der Waals surface area contributed by atoms with E-state index in [1.54, 1.807) is 12.1 Å². The van der Waals surface area contributed by atoms with E-state index < -0.39 is 0 Å². The largest absolute Gasteiger partial charge is 0.492 e. The maximum Gasteiger partial charge on any atom is 0.222 e. The fraction of sp³-hybridized carbons (Fsp3) is 0.529. The average Bonchev–Trinajstić information content (AvgIpc) is 2.50. The molecule has 2 rings (SSSR count). The molecule has 0 aromatic heterocycles. The van der Waals surface area contributed by atoms with Crippen molar-refractivity contribution in [3.8, 4) is 11.8 Å². The molecule has 0 atom stereocenters. The predicted octanol–water partition coefficient (Wildman–Crippen LogP) is 3.12. The fourth-order valence-corrected chi connectivity index (χ4v) is 2.57. The molecular formula is C17H22N2O2. The van der Waals surface area contributed by atoms with Gasteiger partial charge in [-0.25, -0.2) is 0 Å². The average molecular weight is 286 g/mol. The fourth-order valence-electron chi connectivity index (χ4n) is 2.57. The number of hydrogen-bond donors (Lipinski definition) is 0. The topological polar surface area (TPSA) is 53.3 Å². The lowest BCUT2D eigenvalue weighted by atomic mass is 10.1. The van der Waals surface area contributed by atoms with Gasteiger partial charge in [-0.15, -0.1) is 0 Å². The zero-order chi connectivity index (χ0) is 14.9. The molecule has 1 aliphatic rings. The van der Waals surface area contributed by atoms with Crippen LogP contribution >= 0.6 is 0 Å². The highest BCUT2D eigenvalue weighted by molar-refractivity contribution is 5.76. The summed E-state index contributed by atoms with van der Waals surface area (Å²) >= 11 is 0. The van der Waals surface area contributed by atoms with Gasteiger partial charge in [-0.05, 0) is 31.4 Å². The van der Waals surface area contributed by atoms with Crippen molar-refractivity contribution in [1.29, 1.82) is 5.26 Å². The van der Waals surface area contributed by atoms with E-state index in [9.17, 15) is 4.79 Å². The molecule has 112 valence electrons. The second kappa shape index (κ2) is 8.31. The maximum absolute atomic E-state index is 12.0. The zero-order valence-electron chi connectivity index (χ0n) is 12.4. The van der Waals surface area contributed by atoms with Gasteiger partial charge in [-0.1, -0.05) is 25.0 Å². The normalized spacial score (nSPS) is 16.0. The first-order valence-electron chi connectivity index (χ1n) is 7.71. The maximum atomic E-state index is 12.0. The molecule has 1 aromatic carbocycles. The summed E-state index contributed by atoms with van der Waals surface area (Å²) in [5.41, 5.74) is 0.555. The van der Waals surface area contributed by atoms with Gasteiger partial charge in [-0.2, -0.15) is 5.26 Å². The number of benzene rings is 1. The third-order valence-electron chi connectivity index (χ3n) is 3.76. The van der Waals surface area contributed by atoms with E-state index in [4.69, 9.17) is 10.00 Å². The second-order valence-corrected chi connectivity index (χ2v) is 5.35. The first kappa shape index (κ1) is 15.4. The Morgan fingerprint density at radius 2 is 2.00 bits per heavy atom. The summed E-state index contributed by atoms with van der Waals surface area (Å²) < 4.78 is 5.65. The molecule has 0 spiro atoms. The Labute approximate surface area is 126 Å². The molecule has 1 saturated heterocycles. The minimum atomic E-state index is 0.270. The van der Waals surface area contributed by atoms with Crippen LogP contribution < -0.4 is 4.74 Å². The van der Waals surface area contributed by atoms with Gasteiger partial charge in [0.05, 0.1) is 12.2 Å². The lowest BCUT2D eigenvalue weighted by molar-refractivity contribution is -0.131. The monoisotopic (exact) mass is 286 g/mol. The van der Waals surface area contributed by atoms with Gasteiger partial charge in [-0.3, -0.25) is 4.79 Å². The molecule has 0 unspecified atom stereocenters. The zero-order valence-corrected chi connectivity index (χ0v) is 12.4. The van der Waals surface area contributed by atoms with Gasteiger partial charge in [0.25, 0.3) is 0 Å². The van der Waals surface area contributed by atoms with E-state index in [1.165, 1.54) is 12.8 Å². The minimum absolute atomic E-state index is 0.270. The molecule has 1 aliphatic heterocycles. The van der Waals surface area contributed by atoms with E-state index in [1.807, 2.05) is 17.0 Å². The van der Waals surface area contributed by atoms with E-state index in [-0.39, 0.29) is 5.91 Å². The summed E-state index contributed by atoms with van der Waals surface area (Å²) in [6.07, 6.45) is 5.98. The summed E-state index contributed by atoms with van der Waals surface area (Å²) in [6, 6.07) is 9.35. The van der Waals surface area contributed by atoms with Crippen molar-refractivity contribution < 1.29 is 9.53 Å². The summed E-state index contributed by atoms with van der Waals surface area (Å²) in [4.78, 5) is 13.9. The Kier molecular flexibility index (Phi) is 6.08. The van der Waals surface area contributed by atoms with Crippen LogP contribution in [-0.4, -0.2) is 30.5 Å². The molecule has 1 heterocycles. The molecule has 4 heteroatoms. The molecule has 1 amide bonds. The first-order chi connectivity index (χ1) is 10.3. The first-order valence-corrected chi connectivity index (χ1v) is 7.71. The number of ether oxygens (including phenoxy) is 1. The Morgan fingerprint density at radius 1 is 1.19 bits per heavy atom. The van der Waals surface area contributed by atoms with Crippen LogP contribution in [0, 0.1) is 11.3 Å². The standard InChI is InChI=1S/C17H22N2O2/c18-14-15-8-4-5-9-16(15)21-13-7-12-19-11-6-2-1-3-10-17(19)20/h4-5,8-9H,1-3,6-7,10-13H2. The van der Waals surface area contributed by atoms with Crippen LogP contribution in [0.3, 0.4) is 0 Å². The number of nitrogens with zero attached hydrogens (tertiary/aromatic N) is 2. The molecule has 1 fully saturated rings. The predicted molar refractivity (Wildman–Crippen MR) is 80.9 cm³/mol. The molecule has 1 aromatic rings. The number of carbonyl (C=O) groups is 1. The number of carbonyl (C=O) groups excluding carboxylic acids is 1. The summed E-state index contributed by atoms with van der Waals surface area (Å²) in [5.74, 6) is 0.895. The third kappa shape index (κ3) is 4.78. The van der Waals surface area contributed by atoms with E-state index in [2.05, 4.69) is 6.07 Å². The molecule has 4 nitrogen and oxygen atoms in total. The highest BCUT2D eigenvalue weighted by Gasteiger charge is 2.14. The number of amides is 1. The van der Waals surface area contributed by atoms with E-state index >= 15 is 0 Å². The van der Waals surface area contributed by atoms with Crippen LogP contribution in [0.4, 0.5) is 0 Å². The van der Waals surface area contributed by atoms with Crippen molar-refractivity contribution in [3.05, 3.63) is 29.8 Å². The van der Waals surface area contributed by atoms with Crippen molar-refractivity contribution >= 4 is 5.91 Å². The smallest absolute Gasteiger partial charge is 0.222 e. The van der Waals surface area contributed by atoms with Crippen molar-refractivity contribution in [1.82, 2.24) is 4.90 Å². The molecule has 0 radical (unpaired) electrons. The van der Waals surface area contributed by atoms with Gasteiger partial charge >= 0.3 is 0 Å². The lowest BCUT2D eigenvalue weighted by Gasteiger charge is -2.24. The Hall–Kier alpha value is -2.02. The highest BCUT2D eigenvalue weighted by atomic mass is 16.5. The van der Waals surface area contributed by atoms with Gasteiger partial charge in [0.2, 0.25) is 5.91 Å². The Morgan fingerprint density at radius 3 is 2.86 bits per heavy atom. The minimum Gasteiger partial charge on any atom is -0.492 e. The second-order valence-electron chi connectivity index (χ2n) is 5.35. The van der Waals surface area contributed by atoms with Crippen LogP contribution in [0.5, 0.6) is 5.75 Å². The number of nitriles is 1. The summed E-state index contributed by atoms with van der Waals surface area (Å²) in [6.45, 7) is 2.14. The number of para-hydroxylation sites is 1. The van der Waals surface area contributed by atoms with Gasteiger partial charge in [0.1, 0.15) is 11.8 Å². The SMILES string of the molecule is N#Cc1ccccc1OCCCN1CCCCCCC1=O. The lowest BCUT2D eigenvalue weighted by Crippen LogP contribution is -2.34. The van der Waals surface area contributed by atoms with Gasteiger partial charge in [0.15, 0.2) is 0 Å². The van der Waals surface area contributed by atoms with Crippen molar-refractivity contribution in [3.63, 3.8) is 0 Å². The molecule has 0 saturated carbocycles. The van der Waals surface area contributed by atoms with Crippen LogP contribution in [0.2, 0.25) is 0 Å². The van der Waals surface area contributed by atoms with Crippen LogP contribution in [0.1, 0.15) is 44.1 Å². The van der Waals surface area contributed by atoms with E-state index in [0.29, 0.717) is 24.3 Å². The summed E-state index contributed by atoms with van der Waals surface area (Å²) in [5, 5.41) is 8.99. The van der Waals surface area contributed by atoms with Crippen LogP contribution in [-0.2, 0) is 4.79 Å². The van der Waals surface area contributed by atoms with Crippen molar-refractivity contribution in [2.45, 2.75) is 38.5 Å². The van der Waals surface area contributed by atoms with Crippen molar-refractivity contribution in [2.24, 2.45) is 0 Å². The summed E-state index contributed by atoms with van der Waals surface area (Å²) in [7, 11) is 0.